The van der Waals surface area contributed by atoms with Gasteiger partial charge in [-0.2, -0.15) is 0 Å². The smallest absolute Gasteiger partial charge is 0.140 e. The topological polar surface area (TPSA) is 17.1 Å². The number of rotatable bonds is 1. The molecule has 0 radical (unpaired) electrons. The lowest BCUT2D eigenvalue weighted by molar-refractivity contribution is -0.107. The van der Waals surface area contributed by atoms with Crippen LogP contribution >= 0.6 is 11.6 Å². The fourth-order valence-electron chi connectivity index (χ4n) is 0.798. The Kier molecular flexibility index (Phi) is 3.48. The minimum Gasteiger partial charge on any atom is -0.302 e. The quantitative estimate of drug-likeness (QED) is 0.498. The summed E-state index contributed by atoms with van der Waals surface area (Å²) in [6, 6.07) is 4.33. The van der Waals surface area contributed by atoms with Crippen LogP contribution in [0.2, 0.25) is 5.02 Å². The average Bonchev–Trinajstić information content (AvgIpc) is 2.10. The molecular formula is C10H6ClFO. The summed E-state index contributed by atoms with van der Waals surface area (Å²) in [5.41, 5.74) is 0.144. The van der Waals surface area contributed by atoms with Crippen molar-refractivity contribution < 1.29 is 9.18 Å². The first-order chi connectivity index (χ1) is 6.25. The van der Waals surface area contributed by atoms with E-state index in [1.165, 1.54) is 12.1 Å². The molecule has 0 fully saturated rings. The van der Waals surface area contributed by atoms with Crippen molar-refractivity contribution in [2.45, 2.75) is 6.42 Å². The second-order valence-corrected chi connectivity index (χ2v) is 2.68. The van der Waals surface area contributed by atoms with E-state index in [-0.39, 0.29) is 17.0 Å². The van der Waals surface area contributed by atoms with E-state index in [1.54, 1.807) is 6.07 Å². The summed E-state index contributed by atoms with van der Waals surface area (Å²) in [6.07, 6.45) is 0.742. The van der Waals surface area contributed by atoms with Crippen molar-refractivity contribution in [3.8, 4) is 11.8 Å². The summed E-state index contributed by atoms with van der Waals surface area (Å²) < 4.78 is 13.0. The molecule has 13 heavy (non-hydrogen) atoms. The van der Waals surface area contributed by atoms with Crippen molar-refractivity contribution in [1.29, 1.82) is 0 Å². The summed E-state index contributed by atoms with van der Waals surface area (Å²) in [6.45, 7) is 0. The Morgan fingerprint density at radius 2 is 2.31 bits per heavy atom. The van der Waals surface area contributed by atoms with Crippen LogP contribution in [-0.2, 0) is 4.79 Å². The van der Waals surface area contributed by atoms with E-state index in [4.69, 9.17) is 11.6 Å². The molecule has 1 rings (SSSR count). The number of aldehydes is 1. The molecule has 3 heteroatoms. The number of halogens is 2. The predicted molar refractivity (Wildman–Crippen MR) is 49.0 cm³/mol. The average molecular weight is 197 g/mol. The molecule has 0 bridgehead atoms. The van der Waals surface area contributed by atoms with Crippen molar-refractivity contribution in [3.05, 3.63) is 34.6 Å². The minimum absolute atomic E-state index is 0.0880. The van der Waals surface area contributed by atoms with Gasteiger partial charge in [0, 0.05) is 0 Å². The van der Waals surface area contributed by atoms with Crippen molar-refractivity contribution in [1.82, 2.24) is 0 Å². The molecule has 1 aromatic rings. The van der Waals surface area contributed by atoms with Gasteiger partial charge in [0.1, 0.15) is 12.1 Å². The van der Waals surface area contributed by atoms with E-state index < -0.39 is 5.82 Å². The number of carbonyl (C=O) groups is 1. The van der Waals surface area contributed by atoms with E-state index in [1.807, 2.05) is 0 Å². The molecule has 0 saturated heterocycles. The molecule has 0 atom stereocenters. The van der Waals surface area contributed by atoms with Gasteiger partial charge in [0.05, 0.1) is 17.0 Å². The second-order valence-electron chi connectivity index (χ2n) is 2.27. The first kappa shape index (κ1) is 9.76. The van der Waals surface area contributed by atoms with Crippen LogP contribution in [0.25, 0.3) is 0 Å². The first-order valence-corrected chi connectivity index (χ1v) is 4.00. The molecule has 1 nitrogen and oxygen atoms in total. The lowest BCUT2D eigenvalue weighted by Crippen LogP contribution is -1.84. The molecular weight excluding hydrogens is 191 g/mol. The number of hydrogen-bond acceptors (Lipinski definition) is 1. The lowest BCUT2D eigenvalue weighted by atomic mass is 10.2. The van der Waals surface area contributed by atoms with Crippen LogP contribution in [-0.4, -0.2) is 6.29 Å². The third kappa shape index (κ3) is 2.57. The Morgan fingerprint density at radius 3 is 2.92 bits per heavy atom. The Balaban J connectivity index is 3.01. The van der Waals surface area contributed by atoms with Crippen molar-refractivity contribution in [3.63, 3.8) is 0 Å². The highest BCUT2D eigenvalue weighted by atomic mass is 35.5. The lowest BCUT2D eigenvalue weighted by Gasteiger charge is -1.95. The van der Waals surface area contributed by atoms with Crippen molar-refractivity contribution >= 4 is 17.9 Å². The summed E-state index contributed by atoms with van der Waals surface area (Å²) in [7, 11) is 0. The number of benzene rings is 1. The second kappa shape index (κ2) is 4.64. The third-order valence-electron chi connectivity index (χ3n) is 1.36. The Bertz CT molecular complexity index is 356. The van der Waals surface area contributed by atoms with Gasteiger partial charge < -0.3 is 4.79 Å². The third-order valence-corrected chi connectivity index (χ3v) is 1.68. The summed E-state index contributed by atoms with van der Waals surface area (Å²) in [4.78, 5) is 9.94. The van der Waals surface area contributed by atoms with Crippen LogP contribution in [0, 0.1) is 17.7 Å². The van der Waals surface area contributed by atoms with Gasteiger partial charge in [-0.15, -0.1) is 0 Å². The van der Waals surface area contributed by atoms with Crippen LogP contribution in [0.5, 0.6) is 0 Å². The van der Waals surface area contributed by atoms with Gasteiger partial charge in [0.25, 0.3) is 0 Å². The molecule has 0 N–H and O–H groups in total. The molecule has 0 unspecified atom stereocenters. The fraction of sp³-hybridized carbons (Fsp3) is 0.100. The van der Waals surface area contributed by atoms with Gasteiger partial charge in [-0.05, 0) is 12.1 Å². The van der Waals surface area contributed by atoms with Gasteiger partial charge in [0.15, 0.2) is 0 Å². The zero-order chi connectivity index (χ0) is 9.68. The summed E-state index contributed by atoms with van der Waals surface area (Å²) in [5, 5.41) is 0.262. The van der Waals surface area contributed by atoms with Crippen molar-refractivity contribution in [2.75, 3.05) is 0 Å². The molecule has 0 heterocycles. The van der Waals surface area contributed by atoms with Crippen LogP contribution in [0.4, 0.5) is 4.39 Å². The van der Waals surface area contributed by atoms with Crippen LogP contribution in [0.3, 0.4) is 0 Å². The zero-order valence-corrected chi connectivity index (χ0v) is 7.44. The van der Waals surface area contributed by atoms with Gasteiger partial charge in [-0.1, -0.05) is 29.5 Å². The highest BCUT2D eigenvalue weighted by Gasteiger charge is 2.01. The Labute approximate surface area is 80.5 Å². The maximum atomic E-state index is 13.0. The van der Waals surface area contributed by atoms with E-state index >= 15 is 0 Å². The van der Waals surface area contributed by atoms with Crippen LogP contribution in [0.15, 0.2) is 18.2 Å². The molecule has 0 aliphatic heterocycles. The van der Waals surface area contributed by atoms with E-state index in [0.29, 0.717) is 6.29 Å². The maximum Gasteiger partial charge on any atom is 0.140 e. The molecule has 0 aromatic heterocycles. The maximum absolute atomic E-state index is 13.0. The van der Waals surface area contributed by atoms with Gasteiger partial charge >= 0.3 is 0 Å². The summed E-state index contributed by atoms with van der Waals surface area (Å²) >= 11 is 5.68. The SMILES string of the molecule is O=CCC#Cc1c(F)cccc1Cl. The van der Waals surface area contributed by atoms with Crippen LogP contribution < -0.4 is 0 Å². The van der Waals surface area contributed by atoms with Crippen molar-refractivity contribution in [2.24, 2.45) is 0 Å². The van der Waals surface area contributed by atoms with Crippen LogP contribution in [0.1, 0.15) is 12.0 Å². The highest BCUT2D eigenvalue weighted by Crippen LogP contribution is 2.17. The largest absolute Gasteiger partial charge is 0.302 e. The minimum atomic E-state index is -0.467. The molecule has 0 aliphatic carbocycles. The van der Waals surface area contributed by atoms with Gasteiger partial charge in [-0.3, -0.25) is 0 Å². The Morgan fingerprint density at radius 1 is 1.54 bits per heavy atom. The monoisotopic (exact) mass is 196 g/mol. The predicted octanol–water partition coefficient (Wildman–Crippen LogP) is 2.42. The molecule has 0 aliphatic rings. The van der Waals surface area contributed by atoms with E-state index in [0.717, 1.165) is 0 Å². The standard InChI is InChI=1S/C10H6ClFO/c11-9-5-3-6-10(12)8(9)4-1-2-7-13/h3,5-7H,2H2. The number of hydrogen-bond donors (Lipinski definition) is 0. The molecule has 66 valence electrons. The zero-order valence-electron chi connectivity index (χ0n) is 6.68. The summed E-state index contributed by atoms with van der Waals surface area (Å²) in [5.74, 6) is 4.52. The normalized spacial score (nSPS) is 8.77. The molecule has 1 aromatic carbocycles. The molecule has 0 spiro atoms. The fourth-order valence-corrected chi connectivity index (χ4v) is 1.01. The number of carbonyl (C=O) groups excluding carboxylic acids is 1. The first-order valence-electron chi connectivity index (χ1n) is 3.62. The Hall–Kier alpha value is -1.33. The van der Waals surface area contributed by atoms with Gasteiger partial charge in [0.2, 0.25) is 0 Å². The van der Waals surface area contributed by atoms with Gasteiger partial charge in [-0.25, -0.2) is 4.39 Å². The van der Waals surface area contributed by atoms with E-state index in [2.05, 4.69) is 11.8 Å². The molecule has 0 amide bonds. The highest BCUT2D eigenvalue weighted by molar-refractivity contribution is 6.31. The van der Waals surface area contributed by atoms with E-state index in [9.17, 15) is 9.18 Å². The molecule has 0 saturated carbocycles.